The van der Waals surface area contributed by atoms with Gasteiger partial charge in [0.25, 0.3) is 0 Å². The van der Waals surface area contributed by atoms with Crippen LogP contribution >= 0.6 is 11.3 Å². The summed E-state index contributed by atoms with van der Waals surface area (Å²) in [5.41, 5.74) is 1.71. The topological polar surface area (TPSA) is 52.2 Å². The summed E-state index contributed by atoms with van der Waals surface area (Å²) in [6, 6.07) is 8.73. The molecule has 0 unspecified atom stereocenters. The predicted molar refractivity (Wildman–Crippen MR) is 73.9 cm³/mol. The lowest BCUT2D eigenvalue weighted by atomic mass is 10.1. The summed E-state index contributed by atoms with van der Waals surface area (Å²) in [6.07, 6.45) is 0. The molecule has 0 aliphatic heterocycles. The summed E-state index contributed by atoms with van der Waals surface area (Å²) in [7, 11) is 0. The zero-order valence-corrected chi connectivity index (χ0v) is 11.1. The van der Waals surface area contributed by atoms with Gasteiger partial charge in [0.2, 0.25) is 5.78 Å². The highest BCUT2D eigenvalue weighted by molar-refractivity contribution is 7.12. The Hall–Kier alpha value is -2.14. The van der Waals surface area contributed by atoms with Crippen LogP contribution in [0.25, 0.3) is 11.1 Å². The molecule has 1 aromatic carbocycles. The molecule has 2 heterocycles. The van der Waals surface area contributed by atoms with Crippen LogP contribution in [0.5, 0.6) is 0 Å². The van der Waals surface area contributed by atoms with Crippen LogP contribution < -0.4 is 5.76 Å². The van der Waals surface area contributed by atoms with Crippen molar-refractivity contribution in [1.29, 1.82) is 0 Å². The Balaban J connectivity index is 2.13. The summed E-state index contributed by atoms with van der Waals surface area (Å²) in [5, 5.41) is 1.86. The molecule has 4 nitrogen and oxygen atoms in total. The maximum atomic E-state index is 12.2. The van der Waals surface area contributed by atoms with E-state index in [1.54, 1.807) is 24.3 Å². The van der Waals surface area contributed by atoms with Gasteiger partial charge >= 0.3 is 5.76 Å². The number of rotatable bonds is 3. The molecule has 3 aromatic rings. The Morgan fingerprint density at radius 3 is 2.89 bits per heavy atom. The molecule has 0 aliphatic rings. The van der Waals surface area contributed by atoms with E-state index in [0.29, 0.717) is 22.6 Å². The molecule has 0 atom stereocenters. The molecular weight excluding hydrogens is 262 g/mol. The van der Waals surface area contributed by atoms with Crippen molar-refractivity contribution >= 4 is 28.2 Å². The van der Waals surface area contributed by atoms with Gasteiger partial charge in [-0.25, -0.2) is 4.79 Å². The van der Waals surface area contributed by atoms with E-state index in [4.69, 9.17) is 4.42 Å². The highest BCUT2D eigenvalue weighted by atomic mass is 32.1. The fraction of sp³-hybridized carbons (Fsp3) is 0.143. The third-order valence-corrected chi connectivity index (χ3v) is 3.86. The maximum Gasteiger partial charge on any atom is 0.419 e. The highest BCUT2D eigenvalue weighted by Crippen LogP contribution is 2.19. The average molecular weight is 273 g/mol. The Labute approximate surface area is 112 Å². The van der Waals surface area contributed by atoms with Crippen molar-refractivity contribution < 1.29 is 9.21 Å². The monoisotopic (exact) mass is 273 g/mol. The number of aromatic nitrogens is 1. The van der Waals surface area contributed by atoms with Crippen LogP contribution in [0.2, 0.25) is 0 Å². The normalized spacial score (nSPS) is 11.0. The van der Waals surface area contributed by atoms with Gasteiger partial charge in [0, 0.05) is 12.1 Å². The molecule has 0 aliphatic carbocycles. The lowest BCUT2D eigenvalue weighted by Gasteiger charge is -1.99. The number of oxazole rings is 1. The largest absolute Gasteiger partial charge is 0.419 e. The standard InChI is InChI=1S/C14H11NO3S/c1-2-15-10-6-5-9(8-11(10)18-14(15)17)13(16)12-4-3-7-19-12/h3-8H,2H2,1H3. The van der Waals surface area contributed by atoms with E-state index in [0.717, 1.165) is 5.52 Å². The first kappa shape index (κ1) is 11.9. The van der Waals surface area contributed by atoms with Gasteiger partial charge < -0.3 is 4.42 Å². The van der Waals surface area contributed by atoms with Crippen LogP contribution in [0.3, 0.4) is 0 Å². The van der Waals surface area contributed by atoms with Crippen LogP contribution in [0, 0.1) is 0 Å². The minimum Gasteiger partial charge on any atom is -0.408 e. The smallest absolute Gasteiger partial charge is 0.408 e. The molecule has 0 spiro atoms. The number of hydrogen-bond acceptors (Lipinski definition) is 4. The fourth-order valence-corrected chi connectivity index (χ4v) is 2.74. The Bertz CT molecular complexity index is 796. The van der Waals surface area contributed by atoms with Crippen molar-refractivity contribution in [3.05, 3.63) is 56.7 Å². The molecule has 0 amide bonds. The molecular formula is C14H11NO3S. The number of carbonyl (C=O) groups is 1. The van der Waals surface area contributed by atoms with Crippen LogP contribution in [0.15, 0.2) is 44.9 Å². The van der Waals surface area contributed by atoms with Crippen molar-refractivity contribution in [1.82, 2.24) is 4.57 Å². The van der Waals surface area contributed by atoms with Crippen LogP contribution in [0.1, 0.15) is 22.2 Å². The van der Waals surface area contributed by atoms with E-state index < -0.39 is 5.76 Å². The number of nitrogens with zero attached hydrogens (tertiary/aromatic N) is 1. The van der Waals surface area contributed by atoms with Gasteiger partial charge in [0.05, 0.1) is 10.4 Å². The molecule has 0 saturated carbocycles. The molecule has 0 radical (unpaired) electrons. The van der Waals surface area contributed by atoms with E-state index in [1.165, 1.54) is 15.9 Å². The third-order valence-electron chi connectivity index (χ3n) is 2.99. The summed E-state index contributed by atoms with van der Waals surface area (Å²) in [4.78, 5) is 24.5. The number of fused-ring (bicyclic) bond motifs is 1. The quantitative estimate of drug-likeness (QED) is 0.689. The van der Waals surface area contributed by atoms with Crippen molar-refractivity contribution in [2.45, 2.75) is 13.5 Å². The van der Waals surface area contributed by atoms with Crippen molar-refractivity contribution in [3.63, 3.8) is 0 Å². The van der Waals surface area contributed by atoms with Gasteiger partial charge in [-0.2, -0.15) is 0 Å². The number of hydrogen-bond donors (Lipinski definition) is 0. The Morgan fingerprint density at radius 1 is 1.37 bits per heavy atom. The number of carbonyl (C=O) groups excluding carboxylic acids is 1. The summed E-state index contributed by atoms with van der Waals surface area (Å²) < 4.78 is 6.69. The molecule has 2 aromatic heterocycles. The Kier molecular flexibility index (Phi) is 2.83. The molecule has 19 heavy (non-hydrogen) atoms. The first-order valence-corrected chi connectivity index (χ1v) is 6.80. The first-order valence-electron chi connectivity index (χ1n) is 5.92. The molecule has 0 bridgehead atoms. The van der Waals surface area contributed by atoms with Gasteiger partial charge in [0.1, 0.15) is 0 Å². The zero-order valence-electron chi connectivity index (χ0n) is 10.3. The molecule has 0 fully saturated rings. The van der Waals surface area contributed by atoms with Gasteiger partial charge in [-0.1, -0.05) is 6.07 Å². The van der Waals surface area contributed by atoms with E-state index in [1.807, 2.05) is 18.4 Å². The van der Waals surface area contributed by atoms with Gasteiger partial charge in [-0.05, 0) is 36.6 Å². The zero-order chi connectivity index (χ0) is 13.4. The van der Waals surface area contributed by atoms with Crippen molar-refractivity contribution in [3.8, 4) is 0 Å². The van der Waals surface area contributed by atoms with Crippen molar-refractivity contribution in [2.24, 2.45) is 0 Å². The van der Waals surface area contributed by atoms with E-state index in [-0.39, 0.29) is 5.78 Å². The maximum absolute atomic E-state index is 12.2. The average Bonchev–Trinajstić information content (AvgIpc) is 3.03. The van der Waals surface area contributed by atoms with Crippen LogP contribution in [-0.4, -0.2) is 10.4 Å². The van der Waals surface area contributed by atoms with E-state index in [2.05, 4.69) is 0 Å². The van der Waals surface area contributed by atoms with E-state index >= 15 is 0 Å². The highest BCUT2D eigenvalue weighted by Gasteiger charge is 2.14. The lowest BCUT2D eigenvalue weighted by molar-refractivity contribution is 0.104. The third kappa shape index (κ3) is 1.92. The van der Waals surface area contributed by atoms with Crippen LogP contribution in [-0.2, 0) is 6.54 Å². The second-order valence-electron chi connectivity index (χ2n) is 4.10. The van der Waals surface area contributed by atoms with Gasteiger partial charge in [-0.15, -0.1) is 11.3 Å². The minimum atomic E-state index is -0.391. The van der Waals surface area contributed by atoms with Gasteiger partial charge in [0.15, 0.2) is 5.58 Å². The van der Waals surface area contributed by atoms with Crippen LogP contribution in [0.4, 0.5) is 0 Å². The lowest BCUT2D eigenvalue weighted by Crippen LogP contribution is -2.11. The van der Waals surface area contributed by atoms with E-state index in [9.17, 15) is 9.59 Å². The van der Waals surface area contributed by atoms with Crippen molar-refractivity contribution in [2.75, 3.05) is 0 Å². The molecule has 0 N–H and O–H groups in total. The predicted octanol–water partition coefficient (Wildman–Crippen LogP) is 2.91. The molecule has 3 rings (SSSR count). The number of benzene rings is 1. The van der Waals surface area contributed by atoms with Gasteiger partial charge in [-0.3, -0.25) is 9.36 Å². The molecule has 0 saturated heterocycles. The SMILES string of the molecule is CCn1c(=O)oc2cc(C(=O)c3cccs3)ccc21. The molecule has 96 valence electrons. The minimum absolute atomic E-state index is 0.0520. The number of thiophene rings is 1. The second kappa shape index (κ2) is 4.51. The summed E-state index contributed by atoms with van der Waals surface area (Å²) in [5.74, 6) is -0.443. The first-order chi connectivity index (χ1) is 9.20. The fourth-order valence-electron chi connectivity index (χ4n) is 2.06. The number of ketones is 1. The molecule has 5 heteroatoms. The summed E-state index contributed by atoms with van der Waals surface area (Å²) in [6.45, 7) is 2.42. The Morgan fingerprint density at radius 2 is 2.21 bits per heavy atom. The number of aryl methyl sites for hydroxylation is 1. The summed E-state index contributed by atoms with van der Waals surface area (Å²) >= 11 is 1.40. The second-order valence-corrected chi connectivity index (χ2v) is 5.05.